The summed E-state index contributed by atoms with van der Waals surface area (Å²) in [7, 11) is 1.57. The van der Waals surface area contributed by atoms with E-state index in [2.05, 4.69) is 15.6 Å². The molecule has 0 aliphatic heterocycles. The van der Waals surface area contributed by atoms with Crippen molar-refractivity contribution in [2.75, 3.05) is 12.4 Å². The van der Waals surface area contributed by atoms with Crippen LogP contribution in [0.4, 0.5) is 5.69 Å². The molecule has 2 N–H and O–H groups in total. The minimum absolute atomic E-state index is 0.165. The summed E-state index contributed by atoms with van der Waals surface area (Å²) in [5, 5.41) is 5.52. The molecule has 0 spiro atoms. The number of pyridine rings is 1. The minimum atomic E-state index is -0.395. The highest BCUT2D eigenvalue weighted by Gasteiger charge is 2.22. The zero-order valence-electron chi connectivity index (χ0n) is 15.1. The average molecular weight is 359 g/mol. The minimum Gasteiger partial charge on any atom is -0.355 e. The maximum Gasteiger partial charge on any atom is 0.253 e. The van der Waals surface area contributed by atoms with Crippen LogP contribution in [0.2, 0.25) is 0 Å². The third-order valence-electron chi connectivity index (χ3n) is 4.34. The molecular weight excluding hydrogens is 338 g/mol. The standard InChI is InChI=1S/C22H21N3O2/c1-23-21(26)18-11-5-6-12-20(18)25-22(27)19(17-9-3-2-4-10-17)14-16-8-7-13-24-15-16/h2-13,15,19H,14H2,1H3,(H,23,26)(H,25,27). The number of carbonyl (C=O) groups is 2. The summed E-state index contributed by atoms with van der Waals surface area (Å²) in [4.78, 5) is 29.3. The molecule has 3 aromatic rings. The first kappa shape index (κ1) is 18.3. The van der Waals surface area contributed by atoms with Crippen LogP contribution in [0, 0.1) is 0 Å². The number of anilines is 1. The summed E-state index contributed by atoms with van der Waals surface area (Å²) >= 11 is 0. The summed E-state index contributed by atoms with van der Waals surface area (Å²) in [6.07, 6.45) is 3.99. The second-order valence-electron chi connectivity index (χ2n) is 6.14. The Kier molecular flexibility index (Phi) is 5.94. The van der Waals surface area contributed by atoms with Gasteiger partial charge in [-0.15, -0.1) is 0 Å². The van der Waals surface area contributed by atoms with Crippen LogP contribution >= 0.6 is 0 Å². The Labute approximate surface area is 158 Å². The van der Waals surface area contributed by atoms with Crippen molar-refractivity contribution in [1.29, 1.82) is 0 Å². The zero-order chi connectivity index (χ0) is 19.1. The van der Waals surface area contributed by atoms with E-state index < -0.39 is 5.92 Å². The number of rotatable bonds is 6. The van der Waals surface area contributed by atoms with Gasteiger partial charge in [-0.2, -0.15) is 0 Å². The van der Waals surface area contributed by atoms with Crippen LogP contribution in [0.5, 0.6) is 0 Å². The molecule has 0 radical (unpaired) electrons. The molecule has 2 amide bonds. The summed E-state index contributed by atoms with van der Waals surface area (Å²) in [6, 6.07) is 20.4. The van der Waals surface area contributed by atoms with Crippen molar-refractivity contribution < 1.29 is 9.59 Å². The van der Waals surface area contributed by atoms with Gasteiger partial charge in [0.25, 0.3) is 5.91 Å². The number of nitrogens with zero attached hydrogens (tertiary/aromatic N) is 1. The SMILES string of the molecule is CNC(=O)c1ccccc1NC(=O)C(Cc1cccnc1)c1ccccc1. The Balaban J connectivity index is 1.89. The highest BCUT2D eigenvalue weighted by Crippen LogP contribution is 2.24. The van der Waals surface area contributed by atoms with Crippen LogP contribution < -0.4 is 10.6 Å². The third kappa shape index (κ3) is 4.58. The number of hydrogen-bond acceptors (Lipinski definition) is 3. The van der Waals surface area contributed by atoms with Gasteiger partial charge in [0.15, 0.2) is 0 Å². The Morgan fingerprint density at radius 2 is 1.70 bits per heavy atom. The van der Waals surface area contributed by atoms with Crippen LogP contribution in [0.25, 0.3) is 0 Å². The third-order valence-corrected chi connectivity index (χ3v) is 4.34. The molecule has 1 unspecified atom stereocenters. The van der Waals surface area contributed by atoms with E-state index >= 15 is 0 Å². The predicted octanol–water partition coefficient (Wildman–Crippen LogP) is 3.41. The van der Waals surface area contributed by atoms with Crippen molar-refractivity contribution >= 4 is 17.5 Å². The predicted molar refractivity (Wildman–Crippen MR) is 106 cm³/mol. The highest BCUT2D eigenvalue weighted by molar-refractivity contribution is 6.05. The van der Waals surface area contributed by atoms with Crippen molar-refractivity contribution in [2.24, 2.45) is 0 Å². The summed E-state index contributed by atoms with van der Waals surface area (Å²) in [5.41, 5.74) is 2.81. The first-order valence-electron chi connectivity index (χ1n) is 8.75. The molecule has 1 aromatic heterocycles. The van der Waals surface area contributed by atoms with E-state index in [0.29, 0.717) is 17.7 Å². The Hall–Kier alpha value is -3.47. The number of nitrogens with one attached hydrogen (secondary N) is 2. The van der Waals surface area contributed by atoms with E-state index in [1.54, 1.807) is 43.7 Å². The smallest absolute Gasteiger partial charge is 0.253 e. The number of aromatic nitrogens is 1. The fourth-order valence-corrected chi connectivity index (χ4v) is 2.95. The molecule has 0 fully saturated rings. The number of benzene rings is 2. The average Bonchev–Trinajstić information content (AvgIpc) is 2.73. The van der Waals surface area contributed by atoms with Crippen molar-refractivity contribution in [1.82, 2.24) is 10.3 Å². The molecule has 0 aliphatic rings. The van der Waals surface area contributed by atoms with E-state index in [9.17, 15) is 9.59 Å². The molecule has 1 heterocycles. The van der Waals surface area contributed by atoms with Crippen molar-refractivity contribution in [2.45, 2.75) is 12.3 Å². The van der Waals surface area contributed by atoms with Crippen molar-refractivity contribution in [3.8, 4) is 0 Å². The lowest BCUT2D eigenvalue weighted by Gasteiger charge is -2.18. The van der Waals surface area contributed by atoms with Gasteiger partial charge < -0.3 is 10.6 Å². The molecule has 2 aromatic carbocycles. The largest absolute Gasteiger partial charge is 0.355 e. The van der Waals surface area contributed by atoms with E-state index in [1.165, 1.54) is 0 Å². The Bertz CT molecular complexity index is 911. The van der Waals surface area contributed by atoms with E-state index in [-0.39, 0.29) is 11.8 Å². The van der Waals surface area contributed by atoms with Gasteiger partial charge in [0.2, 0.25) is 5.91 Å². The van der Waals surface area contributed by atoms with E-state index in [1.807, 2.05) is 42.5 Å². The molecule has 136 valence electrons. The summed E-state index contributed by atoms with van der Waals surface area (Å²) in [5.74, 6) is -0.802. The monoisotopic (exact) mass is 359 g/mol. The topological polar surface area (TPSA) is 71.1 Å². The fourth-order valence-electron chi connectivity index (χ4n) is 2.95. The zero-order valence-corrected chi connectivity index (χ0v) is 15.1. The Morgan fingerprint density at radius 3 is 2.41 bits per heavy atom. The molecule has 5 nitrogen and oxygen atoms in total. The summed E-state index contributed by atoms with van der Waals surface area (Å²) in [6.45, 7) is 0. The molecule has 1 atom stereocenters. The number of para-hydroxylation sites is 1. The van der Waals surface area contributed by atoms with Crippen molar-refractivity contribution in [3.05, 3.63) is 95.8 Å². The van der Waals surface area contributed by atoms with Gasteiger partial charge in [0.1, 0.15) is 0 Å². The lowest BCUT2D eigenvalue weighted by Crippen LogP contribution is -2.26. The molecule has 0 saturated heterocycles. The maximum atomic E-state index is 13.1. The summed E-state index contributed by atoms with van der Waals surface area (Å²) < 4.78 is 0. The van der Waals surface area contributed by atoms with Gasteiger partial charge >= 0.3 is 0 Å². The van der Waals surface area contributed by atoms with Gasteiger partial charge in [-0.05, 0) is 35.7 Å². The highest BCUT2D eigenvalue weighted by atomic mass is 16.2. The van der Waals surface area contributed by atoms with Gasteiger partial charge in [0.05, 0.1) is 17.2 Å². The van der Waals surface area contributed by atoms with Gasteiger partial charge in [0, 0.05) is 19.4 Å². The van der Waals surface area contributed by atoms with Crippen LogP contribution in [0.1, 0.15) is 27.4 Å². The first-order chi connectivity index (χ1) is 13.2. The van der Waals surface area contributed by atoms with Gasteiger partial charge in [-0.25, -0.2) is 0 Å². The molecule has 0 saturated carbocycles. The molecule has 27 heavy (non-hydrogen) atoms. The number of carbonyl (C=O) groups excluding carboxylic acids is 2. The second kappa shape index (κ2) is 8.76. The van der Waals surface area contributed by atoms with Crippen LogP contribution in [0.3, 0.4) is 0 Å². The normalized spacial score (nSPS) is 11.4. The molecule has 0 aliphatic carbocycles. The van der Waals surface area contributed by atoms with Crippen LogP contribution in [-0.4, -0.2) is 23.8 Å². The van der Waals surface area contributed by atoms with E-state index in [0.717, 1.165) is 11.1 Å². The van der Waals surface area contributed by atoms with Gasteiger partial charge in [-0.3, -0.25) is 14.6 Å². The lowest BCUT2D eigenvalue weighted by molar-refractivity contribution is -0.117. The fraction of sp³-hybridized carbons (Fsp3) is 0.136. The molecule has 3 rings (SSSR count). The number of hydrogen-bond donors (Lipinski definition) is 2. The molecule has 5 heteroatoms. The maximum absolute atomic E-state index is 13.1. The van der Waals surface area contributed by atoms with Gasteiger partial charge in [-0.1, -0.05) is 48.5 Å². The quantitative estimate of drug-likeness (QED) is 0.708. The van der Waals surface area contributed by atoms with Crippen LogP contribution in [-0.2, 0) is 11.2 Å². The number of amides is 2. The molecular formula is C22H21N3O2. The van der Waals surface area contributed by atoms with E-state index in [4.69, 9.17) is 0 Å². The lowest BCUT2D eigenvalue weighted by atomic mass is 9.91. The second-order valence-corrected chi connectivity index (χ2v) is 6.14. The van der Waals surface area contributed by atoms with Crippen LogP contribution in [0.15, 0.2) is 79.1 Å². The first-order valence-corrected chi connectivity index (χ1v) is 8.75. The molecule has 0 bridgehead atoms. The Morgan fingerprint density at radius 1 is 0.963 bits per heavy atom. The van der Waals surface area contributed by atoms with Crippen molar-refractivity contribution in [3.63, 3.8) is 0 Å².